The Labute approximate surface area is 144 Å². The van der Waals surface area contributed by atoms with Gasteiger partial charge in [0.2, 0.25) is 0 Å². The third-order valence-corrected chi connectivity index (χ3v) is 3.75. The summed E-state index contributed by atoms with van der Waals surface area (Å²) in [5, 5.41) is 11.2. The van der Waals surface area contributed by atoms with Crippen molar-refractivity contribution in [3.05, 3.63) is 29.1 Å². The van der Waals surface area contributed by atoms with Crippen LogP contribution in [0.5, 0.6) is 0 Å². The van der Waals surface area contributed by atoms with E-state index in [1.807, 2.05) is 18.7 Å². The average Bonchev–Trinajstić information content (AvgIpc) is 2.98. The van der Waals surface area contributed by atoms with Gasteiger partial charge in [-0.25, -0.2) is 4.99 Å². The van der Waals surface area contributed by atoms with Crippen molar-refractivity contribution in [2.75, 3.05) is 6.54 Å². The molecule has 0 amide bonds. The van der Waals surface area contributed by atoms with E-state index < -0.39 is 0 Å². The second-order valence-corrected chi connectivity index (χ2v) is 5.25. The fourth-order valence-electron chi connectivity index (χ4n) is 2.45. The molecule has 1 heterocycles. The van der Waals surface area contributed by atoms with Crippen LogP contribution >= 0.6 is 24.0 Å². The first-order valence-electron chi connectivity index (χ1n) is 7.30. The van der Waals surface area contributed by atoms with Crippen LogP contribution in [0.25, 0.3) is 0 Å². The van der Waals surface area contributed by atoms with Gasteiger partial charge < -0.3 is 10.6 Å². The standard InChI is InChI=1S/C15H25N5.HI/c1-5-16-15(18-13-8-6-7-9-13)17-10-14-11(2)19-20(4)12(14)3;/h6-7,13H,5,8-10H2,1-4H3,(H2,16,17,18);1H. The number of aromatic nitrogens is 2. The largest absolute Gasteiger partial charge is 0.357 e. The summed E-state index contributed by atoms with van der Waals surface area (Å²) < 4.78 is 1.92. The van der Waals surface area contributed by atoms with Gasteiger partial charge in [0.25, 0.3) is 0 Å². The zero-order chi connectivity index (χ0) is 14.5. The monoisotopic (exact) mass is 403 g/mol. The van der Waals surface area contributed by atoms with Gasteiger partial charge in [-0.1, -0.05) is 12.2 Å². The summed E-state index contributed by atoms with van der Waals surface area (Å²) in [5.41, 5.74) is 3.46. The molecule has 1 aliphatic rings. The summed E-state index contributed by atoms with van der Waals surface area (Å²) in [5.74, 6) is 0.892. The number of halogens is 1. The molecule has 1 aromatic rings. The number of guanidine groups is 1. The minimum atomic E-state index is 0. The Balaban J connectivity index is 0.00000220. The number of nitrogens with one attached hydrogen (secondary N) is 2. The van der Waals surface area contributed by atoms with Crippen molar-refractivity contribution < 1.29 is 0 Å². The highest BCUT2D eigenvalue weighted by Gasteiger charge is 2.13. The lowest BCUT2D eigenvalue weighted by Crippen LogP contribution is -2.42. The second-order valence-electron chi connectivity index (χ2n) is 5.25. The van der Waals surface area contributed by atoms with Crippen LogP contribution in [-0.4, -0.2) is 28.3 Å². The molecule has 0 bridgehead atoms. The summed E-state index contributed by atoms with van der Waals surface area (Å²) in [6.45, 7) is 7.76. The maximum absolute atomic E-state index is 4.70. The van der Waals surface area contributed by atoms with E-state index in [1.54, 1.807) is 0 Å². The Morgan fingerprint density at radius 1 is 1.38 bits per heavy atom. The maximum atomic E-state index is 4.70. The van der Waals surface area contributed by atoms with Gasteiger partial charge in [-0.05, 0) is 33.6 Å². The normalized spacial score (nSPS) is 15.1. The molecule has 0 saturated carbocycles. The van der Waals surface area contributed by atoms with Gasteiger partial charge in [-0.3, -0.25) is 4.68 Å². The zero-order valence-corrected chi connectivity index (χ0v) is 15.6. The molecule has 0 aromatic carbocycles. The van der Waals surface area contributed by atoms with E-state index in [9.17, 15) is 0 Å². The lowest BCUT2D eigenvalue weighted by atomic mass is 10.2. The van der Waals surface area contributed by atoms with Gasteiger partial charge in [0.05, 0.1) is 12.2 Å². The highest BCUT2D eigenvalue weighted by atomic mass is 127. The molecule has 2 rings (SSSR count). The first-order valence-corrected chi connectivity index (χ1v) is 7.30. The van der Waals surface area contributed by atoms with Gasteiger partial charge in [-0.2, -0.15) is 5.10 Å². The predicted molar refractivity (Wildman–Crippen MR) is 98.2 cm³/mol. The number of rotatable bonds is 4. The summed E-state index contributed by atoms with van der Waals surface area (Å²) in [7, 11) is 1.98. The first kappa shape index (κ1) is 18.0. The van der Waals surface area contributed by atoms with E-state index in [2.05, 4.69) is 41.7 Å². The van der Waals surface area contributed by atoms with Gasteiger partial charge in [0, 0.05) is 30.9 Å². The van der Waals surface area contributed by atoms with Crippen molar-refractivity contribution in [1.82, 2.24) is 20.4 Å². The van der Waals surface area contributed by atoms with Crippen molar-refractivity contribution in [1.29, 1.82) is 0 Å². The fraction of sp³-hybridized carbons (Fsp3) is 0.600. The molecule has 1 aliphatic carbocycles. The van der Waals surface area contributed by atoms with Crippen molar-refractivity contribution in [3.8, 4) is 0 Å². The summed E-state index contributed by atoms with van der Waals surface area (Å²) >= 11 is 0. The van der Waals surface area contributed by atoms with Crippen LogP contribution in [0.2, 0.25) is 0 Å². The molecule has 0 unspecified atom stereocenters. The molecule has 0 atom stereocenters. The van der Waals surface area contributed by atoms with Gasteiger partial charge in [0.15, 0.2) is 5.96 Å². The predicted octanol–water partition coefficient (Wildman–Crippen LogP) is 2.43. The van der Waals surface area contributed by atoms with E-state index in [0.29, 0.717) is 12.6 Å². The van der Waals surface area contributed by atoms with Crippen LogP contribution in [0.15, 0.2) is 17.1 Å². The Morgan fingerprint density at radius 3 is 2.57 bits per heavy atom. The molecular weight excluding hydrogens is 377 g/mol. The van der Waals surface area contributed by atoms with Crippen LogP contribution < -0.4 is 10.6 Å². The minimum absolute atomic E-state index is 0. The number of nitrogens with zero attached hydrogens (tertiary/aromatic N) is 3. The maximum Gasteiger partial charge on any atom is 0.191 e. The molecule has 0 aliphatic heterocycles. The summed E-state index contributed by atoms with van der Waals surface area (Å²) in [4.78, 5) is 4.70. The van der Waals surface area contributed by atoms with Crippen LogP contribution in [0.3, 0.4) is 0 Å². The SMILES string of the molecule is CCNC(=NCc1c(C)nn(C)c1C)NC1CC=CC1.I. The van der Waals surface area contributed by atoms with E-state index in [1.165, 1.54) is 11.3 Å². The Morgan fingerprint density at radius 2 is 2.05 bits per heavy atom. The van der Waals surface area contributed by atoms with Crippen LogP contribution in [0.1, 0.15) is 36.7 Å². The Hall–Kier alpha value is -1.05. The molecule has 1 aromatic heterocycles. The van der Waals surface area contributed by atoms with E-state index in [4.69, 9.17) is 4.99 Å². The molecule has 0 radical (unpaired) electrons. The molecule has 0 spiro atoms. The van der Waals surface area contributed by atoms with Crippen molar-refractivity contribution in [2.24, 2.45) is 12.0 Å². The molecule has 0 saturated heterocycles. The zero-order valence-electron chi connectivity index (χ0n) is 13.3. The number of aryl methyl sites for hydroxylation is 2. The quantitative estimate of drug-likeness (QED) is 0.352. The third kappa shape index (κ3) is 4.72. The topological polar surface area (TPSA) is 54.2 Å². The molecular formula is C15H26IN5. The third-order valence-electron chi connectivity index (χ3n) is 3.75. The van der Waals surface area contributed by atoms with Crippen LogP contribution in [0.4, 0.5) is 0 Å². The second kappa shape index (κ2) is 8.41. The van der Waals surface area contributed by atoms with Gasteiger partial charge in [-0.15, -0.1) is 24.0 Å². The van der Waals surface area contributed by atoms with Crippen LogP contribution in [0, 0.1) is 13.8 Å². The summed E-state index contributed by atoms with van der Waals surface area (Å²) in [6, 6.07) is 0.476. The van der Waals surface area contributed by atoms with E-state index in [-0.39, 0.29) is 24.0 Å². The van der Waals surface area contributed by atoms with E-state index in [0.717, 1.165) is 31.0 Å². The first-order chi connectivity index (χ1) is 9.61. The Kier molecular flexibility index (Phi) is 7.21. The minimum Gasteiger partial charge on any atom is -0.357 e. The lowest BCUT2D eigenvalue weighted by Gasteiger charge is -2.16. The molecule has 21 heavy (non-hydrogen) atoms. The molecule has 118 valence electrons. The smallest absolute Gasteiger partial charge is 0.191 e. The number of aliphatic imine (C=N–C) groups is 1. The summed E-state index contributed by atoms with van der Waals surface area (Å²) in [6.07, 6.45) is 6.60. The van der Waals surface area contributed by atoms with Crippen molar-refractivity contribution in [2.45, 2.75) is 46.2 Å². The fourth-order valence-corrected chi connectivity index (χ4v) is 2.45. The average molecular weight is 403 g/mol. The number of hydrogen-bond acceptors (Lipinski definition) is 2. The lowest BCUT2D eigenvalue weighted by molar-refractivity contribution is 0.633. The van der Waals surface area contributed by atoms with E-state index >= 15 is 0 Å². The van der Waals surface area contributed by atoms with Gasteiger partial charge >= 0.3 is 0 Å². The van der Waals surface area contributed by atoms with Crippen LogP contribution in [-0.2, 0) is 13.6 Å². The highest BCUT2D eigenvalue weighted by molar-refractivity contribution is 14.0. The molecule has 0 fully saturated rings. The molecule has 2 N–H and O–H groups in total. The van der Waals surface area contributed by atoms with Gasteiger partial charge in [0.1, 0.15) is 0 Å². The van der Waals surface area contributed by atoms with Crippen molar-refractivity contribution >= 4 is 29.9 Å². The molecule has 5 nitrogen and oxygen atoms in total. The van der Waals surface area contributed by atoms with Crippen molar-refractivity contribution in [3.63, 3.8) is 0 Å². The number of hydrogen-bond donors (Lipinski definition) is 2. The highest BCUT2D eigenvalue weighted by Crippen LogP contribution is 2.13. The Bertz CT molecular complexity index is 510. The molecule has 6 heteroatoms.